The topological polar surface area (TPSA) is 76.8 Å². The van der Waals surface area contributed by atoms with Gasteiger partial charge in [0.15, 0.2) is 0 Å². The predicted molar refractivity (Wildman–Crippen MR) is 97.3 cm³/mol. The average Bonchev–Trinajstić information content (AvgIpc) is 2.60. The molecule has 0 aromatic heterocycles. The van der Waals surface area contributed by atoms with Crippen LogP contribution in [0.15, 0.2) is 24.3 Å². The second kappa shape index (κ2) is 8.07. The van der Waals surface area contributed by atoms with Crippen LogP contribution in [0.1, 0.15) is 37.5 Å². The molecule has 3 atom stereocenters. The maximum atomic E-state index is 12.2. The number of amides is 1. The van der Waals surface area contributed by atoms with Gasteiger partial charge >= 0.3 is 6.09 Å². The van der Waals surface area contributed by atoms with Crippen LogP contribution in [0.2, 0.25) is 0 Å². The van der Waals surface area contributed by atoms with E-state index in [1.165, 1.54) is 0 Å². The fourth-order valence-corrected chi connectivity index (χ4v) is 4.09. The van der Waals surface area contributed by atoms with E-state index < -0.39 is 6.10 Å². The second-order valence-electron chi connectivity index (χ2n) is 7.77. The largest absolute Gasteiger partial charge is 0.447 e. The number of benzene rings is 1. The first-order valence-corrected chi connectivity index (χ1v) is 9.30. The molecular formula is C20H27N3O3. The quantitative estimate of drug-likeness (QED) is 0.895. The molecule has 1 aromatic rings. The lowest BCUT2D eigenvalue weighted by Gasteiger charge is -2.45. The lowest BCUT2D eigenvalue weighted by molar-refractivity contribution is 0.000278. The van der Waals surface area contributed by atoms with Gasteiger partial charge in [0.2, 0.25) is 0 Å². The SMILES string of the molecule is CC(C)OC(=O)N1CC2CC(CN(CC(O)c3ccc(C#N)cc3)C2)C1. The number of fused-ring (bicyclic) bond motifs is 2. The zero-order valence-electron chi connectivity index (χ0n) is 15.5. The molecule has 0 aliphatic carbocycles. The third kappa shape index (κ3) is 4.54. The molecule has 2 bridgehead atoms. The Morgan fingerprint density at radius 3 is 2.38 bits per heavy atom. The summed E-state index contributed by atoms with van der Waals surface area (Å²) in [5.41, 5.74) is 1.43. The Balaban J connectivity index is 1.55. The lowest BCUT2D eigenvalue weighted by atomic mass is 9.84. The first-order valence-electron chi connectivity index (χ1n) is 9.30. The molecule has 1 N–H and O–H groups in total. The predicted octanol–water partition coefficient (Wildman–Crippen LogP) is 2.39. The van der Waals surface area contributed by atoms with Crippen LogP contribution in [0, 0.1) is 23.2 Å². The van der Waals surface area contributed by atoms with E-state index in [9.17, 15) is 9.90 Å². The summed E-state index contributed by atoms with van der Waals surface area (Å²) in [6.07, 6.45) is 0.266. The van der Waals surface area contributed by atoms with Crippen molar-refractivity contribution in [1.29, 1.82) is 5.26 Å². The van der Waals surface area contributed by atoms with Crippen LogP contribution in [0.3, 0.4) is 0 Å². The molecule has 26 heavy (non-hydrogen) atoms. The highest BCUT2D eigenvalue weighted by Gasteiger charge is 2.37. The highest BCUT2D eigenvalue weighted by atomic mass is 16.6. The highest BCUT2D eigenvalue weighted by Crippen LogP contribution is 2.30. The summed E-state index contributed by atoms with van der Waals surface area (Å²) in [7, 11) is 0. The minimum absolute atomic E-state index is 0.0941. The number of aliphatic hydroxyl groups excluding tert-OH is 1. The van der Waals surface area contributed by atoms with Crippen molar-refractivity contribution in [3.63, 3.8) is 0 Å². The Labute approximate surface area is 155 Å². The fourth-order valence-electron chi connectivity index (χ4n) is 4.09. The van der Waals surface area contributed by atoms with E-state index in [0.717, 1.165) is 38.2 Å². The molecule has 6 nitrogen and oxygen atoms in total. The number of piperidine rings is 2. The maximum absolute atomic E-state index is 12.2. The monoisotopic (exact) mass is 357 g/mol. The number of hydrogen-bond donors (Lipinski definition) is 1. The Morgan fingerprint density at radius 2 is 1.85 bits per heavy atom. The van der Waals surface area contributed by atoms with Crippen molar-refractivity contribution in [2.75, 3.05) is 32.7 Å². The van der Waals surface area contributed by atoms with Gasteiger partial charge in [0, 0.05) is 32.7 Å². The number of carbonyl (C=O) groups is 1. The van der Waals surface area contributed by atoms with Crippen LogP contribution in [0.5, 0.6) is 0 Å². The minimum atomic E-state index is -0.566. The molecule has 2 heterocycles. The van der Waals surface area contributed by atoms with Crippen molar-refractivity contribution >= 4 is 6.09 Å². The van der Waals surface area contributed by atoms with Crippen LogP contribution < -0.4 is 0 Å². The van der Waals surface area contributed by atoms with E-state index in [2.05, 4.69) is 11.0 Å². The van der Waals surface area contributed by atoms with E-state index in [1.807, 2.05) is 30.9 Å². The van der Waals surface area contributed by atoms with Crippen LogP contribution in [-0.4, -0.2) is 59.8 Å². The summed E-state index contributed by atoms with van der Waals surface area (Å²) >= 11 is 0. The standard InChI is InChI=1S/C20H27N3O3/c1-14(2)26-20(25)23-11-16-7-17(12-23)10-22(9-16)13-19(24)18-5-3-15(8-21)4-6-18/h3-6,14,16-17,19,24H,7,9-13H2,1-2H3. The van der Waals surface area contributed by atoms with Crippen molar-refractivity contribution in [2.45, 2.75) is 32.5 Å². The van der Waals surface area contributed by atoms with Gasteiger partial charge in [0.25, 0.3) is 0 Å². The first kappa shape index (κ1) is 18.7. The Morgan fingerprint density at radius 1 is 1.23 bits per heavy atom. The molecule has 140 valence electrons. The third-order valence-corrected chi connectivity index (χ3v) is 5.11. The number of carbonyl (C=O) groups excluding carboxylic acids is 1. The van der Waals surface area contributed by atoms with Gasteiger partial charge < -0.3 is 14.7 Å². The van der Waals surface area contributed by atoms with E-state index >= 15 is 0 Å². The van der Waals surface area contributed by atoms with Gasteiger partial charge in [-0.2, -0.15) is 5.26 Å². The molecule has 2 fully saturated rings. The molecule has 2 aliphatic heterocycles. The molecule has 0 saturated carbocycles. The molecule has 2 saturated heterocycles. The highest BCUT2D eigenvalue weighted by molar-refractivity contribution is 5.68. The second-order valence-corrected chi connectivity index (χ2v) is 7.77. The normalized spacial score (nSPS) is 24.2. The molecule has 1 aromatic carbocycles. The Hall–Kier alpha value is -2.10. The lowest BCUT2D eigenvalue weighted by Crippen LogP contribution is -2.54. The van der Waals surface area contributed by atoms with Gasteiger partial charge in [-0.3, -0.25) is 4.90 Å². The fraction of sp³-hybridized carbons (Fsp3) is 0.600. The zero-order valence-corrected chi connectivity index (χ0v) is 15.5. The van der Waals surface area contributed by atoms with Crippen molar-refractivity contribution in [2.24, 2.45) is 11.8 Å². The van der Waals surface area contributed by atoms with Crippen LogP contribution >= 0.6 is 0 Å². The molecular weight excluding hydrogens is 330 g/mol. The van der Waals surface area contributed by atoms with E-state index in [-0.39, 0.29) is 12.2 Å². The van der Waals surface area contributed by atoms with E-state index in [0.29, 0.717) is 23.9 Å². The Kier molecular flexibility index (Phi) is 5.80. The summed E-state index contributed by atoms with van der Waals surface area (Å²) in [6, 6.07) is 9.20. The molecule has 0 spiro atoms. The summed E-state index contributed by atoms with van der Waals surface area (Å²) in [5.74, 6) is 0.853. The van der Waals surface area contributed by atoms with E-state index in [1.54, 1.807) is 12.1 Å². The van der Waals surface area contributed by atoms with Crippen LogP contribution in [-0.2, 0) is 4.74 Å². The number of likely N-dealkylation sites (tertiary alicyclic amines) is 2. The summed E-state index contributed by atoms with van der Waals surface area (Å²) in [6.45, 7) is 7.54. The van der Waals surface area contributed by atoms with Gasteiger partial charge in [0.05, 0.1) is 23.8 Å². The van der Waals surface area contributed by atoms with Crippen molar-refractivity contribution < 1.29 is 14.6 Å². The zero-order chi connectivity index (χ0) is 18.7. The minimum Gasteiger partial charge on any atom is -0.447 e. The molecule has 3 unspecified atom stereocenters. The molecule has 0 radical (unpaired) electrons. The maximum Gasteiger partial charge on any atom is 0.410 e. The van der Waals surface area contributed by atoms with Gasteiger partial charge in [-0.25, -0.2) is 4.79 Å². The number of aliphatic hydroxyl groups is 1. The van der Waals surface area contributed by atoms with Gasteiger partial charge in [-0.05, 0) is 49.8 Å². The van der Waals surface area contributed by atoms with Crippen molar-refractivity contribution in [3.05, 3.63) is 35.4 Å². The molecule has 2 aliphatic rings. The number of ether oxygens (including phenoxy) is 1. The van der Waals surface area contributed by atoms with E-state index in [4.69, 9.17) is 10.00 Å². The van der Waals surface area contributed by atoms with Crippen molar-refractivity contribution in [1.82, 2.24) is 9.80 Å². The van der Waals surface area contributed by atoms with Gasteiger partial charge in [0.1, 0.15) is 0 Å². The van der Waals surface area contributed by atoms with Crippen molar-refractivity contribution in [3.8, 4) is 6.07 Å². The number of nitrogens with zero attached hydrogens (tertiary/aromatic N) is 3. The number of hydrogen-bond acceptors (Lipinski definition) is 5. The number of β-amino-alcohol motifs (C(OH)–C–C–N with tert-alkyl or cyclic N) is 1. The summed E-state index contributed by atoms with van der Waals surface area (Å²) < 4.78 is 5.33. The van der Waals surface area contributed by atoms with Gasteiger partial charge in [-0.15, -0.1) is 0 Å². The molecule has 3 rings (SSSR count). The Bertz CT molecular complexity index is 654. The van der Waals surface area contributed by atoms with Crippen LogP contribution in [0.4, 0.5) is 4.79 Å². The summed E-state index contributed by atoms with van der Waals surface area (Å²) in [4.78, 5) is 16.3. The number of rotatable bonds is 4. The van der Waals surface area contributed by atoms with Crippen LogP contribution in [0.25, 0.3) is 0 Å². The first-order chi connectivity index (χ1) is 12.4. The van der Waals surface area contributed by atoms with Gasteiger partial charge in [-0.1, -0.05) is 12.1 Å². The smallest absolute Gasteiger partial charge is 0.410 e. The molecule has 6 heteroatoms. The molecule has 1 amide bonds. The third-order valence-electron chi connectivity index (χ3n) is 5.11. The average molecular weight is 357 g/mol. The number of nitriles is 1. The summed E-state index contributed by atoms with van der Waals surface area (Å²) in [5, 5.41) is 19.4.